The first-order valence-electron chi connectivity index (χ1n) is 7.14. The van der Waals surface area contributed by atoms with Gasteiger partial charge in [-0.2, -0.15) is 5.10 Å². The summed E-state index contributed by atoms with van der Waals surface area (Å²) >= 11 is 6.03. The van der Waals surface area contributed by atoms with Crippen molar-refractivity contribution in [2.75, 3.05) is 14.1 Å². The number of hydrogen-bond acceptors (Lipinski definition) is 2. The van der Waals surface area contributed by atoms with Crippen LogP contribution in [-0.4, -0.2) is 35.1 Å². The fourth-order valence-electron chi connectivity index (χ4n) is 2.33. The topological polar surface area (TPSA) is 33.4 Å². The van der Waals surface area contributed by atoms with Crippen LogP contribution in [0, 0.1) is 5.82 Å². The molecular weight excluding hydrogens is 315 g/mol. The van der Waals surface area contributed by atoms with Crippen LogP contribution >= 0.6 is 11.6 Å². The molecule has 3 rings (SSSR count). The van der Waals surface area contributed by atoms with Gasteiger partial charge in [0.15, 0.2) is 5.82 Å². The van der Waals surface area contributed by atoms with E-state index in [4.69, 9.17) is 11.6 Å². The summed E-state index contributed by atoms with van der Waals surface area (Å²) in [5.41, 5.74) is 1.85. The second-order valence-corrected chi connectivity index (χ2v) is 5.92. The number of aliphatic imine (C=N–C) groups is 1. The van der Waals surface area contributed by atoms with Gasteiger partial charge in [-0.1, -0.05) is 23.7 Å². The molecule has 6 heteroatoms. The van der Waals surface area contributed by atoms with Crippen LogP contribution in [0.3, 0.4) is 0 Å². The van der Waals surface area contributed by atoms with Gasteiger partial charge in [0, 0.05) is 24.5 Å². The molecule has 0 atom stereocenters. The van der Waals surface area contributed by atoms with E-state index in [9.17, 15) is 4.39 Å². The lowest BCUT2D eigenvalue weighted by molar-refractivity contribution is 0.629. The Hall–Kier alpha value is -2.40. The summed E-state index contributed by atoms with van der Waals surface area (Å²) < 4.78 is 15.4. The molecule has 1 heterocycles. The van der Waals surface area contributed by atoms with Crippen molar-refractivity contribution in [1.29, 1.82) is 0 Å². The molecule has 0 unspecified atom stereocenters. The SMILES string of the molecule is CN(C)/C=N\c1nn(Cc2cccc(Cl)c2)c2ccc(F)cc12. The second kappa shape index (κ2) is 6.38. The molecule has 118 valence electrons. The molecule has 0 saturated carbocycles. The number of benzene rings is 2. The number of hydrogen-bond donors (Lipinski definition) is 0. The van der Waals surface area contributed by atoms with Crippen molar-refractivity contribution < 1.29 is 4.39 Å². The van der Waals surface area contributed by atoms with Crippen molar-refractivity contribution >= 4 is 34.7 Å². The van der Waals surface area contributed by atoms with Crippen LogP contribution in [0.4, 0.5) is 10.2 Å². The third kappa shape index (κ3) is 3.51. The Morgan fingerprint density at radius 3 is 2.83 bits per heavy atom. The lowest BCUT2D eigenvalue weighted by Crippen LogP contribution is -2.07. The average molecular weight is 331 g/mol. The zero-order valence-corrected chi connectivity index (χ0v) is 13.6. The highest BCUT2D eigenvalue weighted by molar-refractivity contribution is 6.30. The van der Waals surface area contributed by atoms with E-state index in [0.29, 0.717) is 22.8 Å². The molecule has 0 spiro atoms. The summed E-state index contributed by atoms with van der Waals surface area (Å²) in [5.74, 6) is 0.191. The van der Waals surface area contributed by atoms with Crippen molar-refractivity contribution in [3.05, 3.63) is 58.9 Å². The zero-order chi connectivity index (χ0) is 16.4. The van der Waals surface area contributed by atoms with Crippen LogP contribution in [0.15, 0.2) is 47.5 Å². The monoisotopic (exact) mass is 330 g/mol. The molecule has 23 heavy (non-hydrogen) atoms. The Balaban J connectivity index is 2.06. The van der Waals surface area contributed by atoms with Gasteiger partial charge in [0.25, 0.3) is 0 Å². The van der Waals surface area contributed by atoms with Crippen LogP contribution in [0.2, 0.25) is 5.02 Å². The van der Waals surface area contributed by atoms with E-state index in [1.165, 1.54) is 12.1 Å². The molecular formula is C17H16ClFN4. The number of rotatable bonds is 4. The lowest BCUT2D eigenvalue weighted by Gasteiger charge is -2.04. The van der Waals surface area contributed by atoms with Gasteiger partial charge in [-0.25, -0.2) is 9.38 Å². The normalized spacial score (nSPS) is 11.5. The van der Waals surface area contributed by atoms with E-state index < -0.39 is 0 Å². The van der Waals surface area contributed by atoms with Gasteiger partial charge in [-0.15, -0.1) is 0 Å². The summed E-state index contributed by atoms with van der Waals surface area (Å²) in [6, 6.07) is 12.2. The van der Waals surface area contributed by atoms with Crippen molar-refractivity contribution in [3.63, 3.8) is 0 Å². The van der Waals surface area contributed by atoms with E-state index >= 15 is 0 Å². The van der Waals surface area contributed by atoms with Gasteiger partial charge >= 0.3 is 0 Å². The van der Waals surface area contributed by atoms with E-state index in [0.717, 1.165) is 11.1 Å². The Morgan fingerprint density at radius 2 is 2.09 bits per heavy atom. The van der Waals surface area contributed by atoms with Crippen molar-refractivity contribution in [3.8, 4) is 0 Å². The average Bonchev–Trinajstić information content (AvgIpc) is 2.82. The molecule has 4 nitrogen and oxygen atoms in total. The predicted octanol–water partition coefficient (Wildman–Crippen LogP) is 4.10. The fraction of sp³-hybridized carbons (Fsp3) is 0.176. The minimum absolute atomic E-state index is 0.305. The largest absolute Gasteiger partial charge is 0.369 e. The highest BCUT2D eigenvalue weighted by atomic mass is 35.5. The van der Waals surface area contributed by atoms with Gasteiger partial charge in [0.2, 0.25) is 0 Å². The smallest absolute Gasteiger partial charge is 0.183 e. The number of halogens is 2. The lowest BCUT2D eigenvalue weighted by atomic mass is 10.2. The summed E-state index contributed by atoms with van der Waals surface area (Å²) in [6.07, 6.45) is 1.65. The van der Waals surface area contributed by atoms with Crippen LogP contribution in [0.25, 0.3) is 10.9 Å². The minimum atomic E-state index is -0.305. The van der Waals surface area contributed by atoms with Crippen LogP contribution in [-0.2, 0) is 6.54 Å². The molecule has 0 amide bonds. The summed E-state index contributed by atoms with van der Waals surface area (Å²) in [7, 11) is 3.74. The third-order valence-electron chi connectivity index (χ3n) is 3.33. The van der Waals surface area contributed by atoms with Crippen molar-refractivity contribution in [1.82, 2.24) is 14.7 Å². The molecule has 3 aromatic rings. The molecule has 0 saturated heterocycles. The molecule has 0 bridgehead atoms. The van der Waals surface area contributed by atoms with E-state index in [1.807, 2.05) is 43.0 Å². The van der Waals surface area contributed by atoms with Gasteiger partial charge in [-0.3, -0.25) is 4.68 Å². The molecule has 0 fully saturated rings. The van der Waals surface area contributed by atoms with Crippen LogP contribution < -0.4 is 0 Å². The quantitative estimate of drug-likeness (QED) is 0.533. The molecule has 2 aromatic carbocycles. The van der Waals surface area contributed by atoms with Gasteiger partial charge in [0.05, 0.1) is 18.4 Å². The van der Waals surface area contributed by atoms with Gasteiger partial charge < -0.3 is 4.90 Å². The Bertz CT molecular complexity index is 870. The maximum atomic E-state index is 13.6. The van der Waals surface area contributed by atoms with Crippen LogP contribution in [0.5, 0.6) is 0 Å². The van der Waals surface area contributed by atoms with Crippen molar-refractivity contribution in [2.45, 2.75) is 6.54 Å². The van der Waals surface area contributed by atoms with E-state index in [1.54, 1.807) is 17.3 Å². The summed E-state index contributed by atoms with van der Waals surface area (Å²) in [4.78, 5) is 6.14. The first-order chi connectivity index (χ1) is 11.0. The summed E-state index contributed by atoms with van der Waals surface area (Å²) in [5, 5.41) is 5.87. The third-order valence-corrected chi connectivity index (χ3v) is 3.56. The highest BCUT2D eigenvalue weighted by Crippen LogP contribution is 2.27. The fourth-order valence-corrected chi connectivity index (χ4v) is 2.54. The molecule has 0 aliphatic heterocycles. The Morgan fingerprint density at radius 1 is 1.26 bits per heavy atom. The van der Waals surface area contributed by atoms with Crippen LogP contribution in [0.1, 0.15) is 5.56 Å². The number of fused-ring (bicyclic) bond motifs is 1. The number of nitrogens with zero attached hydrogens (tertiary/aromatic N) is 4. The molecule has 0 aliphatic carbocycles. The minimum Gasteiger partial charge on any atom is -0.369 e. The van der Waals surface area contributed by atoms with E-state index in [-0.39, 0.29) is 5.82 Å². The van der Waals surface area contributed by atoms with Gasteiger partial charge in [-0.05, 0) is 35.9 Å². The zero-order valence-electron chi connectivity index (χ0n) is 12.9. The van der Waals surface area contributed by atoms with Gasteiger partial charge in [0.1, 0.15) is 5.82 Å². The first kappa shape index (κ1) is 15.5. The number of aromatic nitrogens is 2. The maximum absolute atomic E-state index is 13.6. The maximum Gasteiger partial charge on any atom is 0.183 e. The standard InChI is InChI=1S/C17H16ClFN4/c1-22(2)11-20-17-15-9-14(19)6-7-16(15)23(21-17)10-12-4-3-5-13(18)8-12/h3-9,11H,10H2,1-2H3/b20-11-. The molecule has 0 N–H and O–H groups in total. The van der Waals surface area contributed by atoms with E-state index in [2.05, 4.69) is 10.1 Å². The summed E-state index contributed by atoms with van der Waals surface area (Å²) in [6.45, 7) is 0.542. The predicted molar refractivity (Wildman–Crippen MR) is 92.1 cm³/mol. The Kier molecular flexibility index (Phi) is 4.30. The highest BCUT2D eigenvalue weighted by Gasteiger charge is 2.11. The second-order valence-electron chi connectivity index (χ2n) is 5.48. The Labute approximate surface area is 138 Å². The molecule has 0 radical (unpaired) electrons. The molecule has 1 aromatic heterocycles. The molecule has 0 aliphatic rings. The van der Waals surface area contributed by atoms with Crippen molar-refractivity contribution in [2.24, 2.45) is 4.99 Å². The first-order valence-corrected chi connectivity index (χ1v) is 7.52.